The second-order valence-corrected chi connectivity index (χ2v) is 4.47. The Morgan fingerprint density at radius 1 is 1.40 bits per heavy atom. The smallest absolute Gasteiger partial charge is 0.229 e. The van der Waals surface area contributed by atoms with E-state index in [0.717, 1.165) is 11.4 Å². The molecular formula is C14H18N4O2. The minimum Gasteiger partial charge on any atom is -0.494 e. The zero-order valence-electron chi connectivity index (χ0n) is 11.6. The number of carbonyl (C=O) groups excluding carboxylic acids is 1. The molecule has 0 aliphatic heterocycles. The first-order valence-electron chi connectivity index (χ1n) is 6.55. The number of anilines is 1. The first-order valence-corrected chi connectivity index (χ1v) is 6.55. The number of nitrogens with one attached hydrogen (secondary N) is 1. The molecule has 0 saturated heterocycles. The topological polar surface area (TPSA) is 69.0 Å². The summed E-state index contributed by atoms with van der Waals surface area (Å²) in [5, 5.41) is 6.85. The largest absolute Gasteiger partial charge is 0.494 e. The van der Waals surface area contributed by atoms with Gasteiger partial charge in [-0.1, -0.05) is 6.92 Å². The number of hydrogen-bond donors (Lipinski definition) is 1. The van der Waals surface area contributed by atoms with Gasteiger partial charge in [0, 0.05) is 5.69 Å². The zero-order valence-corrected chi connectivity index (χ0v) is 11.6. The summed E-state index contributed by atoms with van der Waals surface area (Å²) in [5.41, 5.74) is 0.754. The molecule has 2 rings (SSSR count). The van der Waals surface area contributed by atoms with Crippen LogP contribution >= 0.6 is 0 Å². The Morgan fingerprint density at radius 3 is 2.75 bits per heavy atom. The van der Waals surface area contributed by atoms with Gasteiger partial charge in [0.15, 0.2) is 0 Å². The number of hydrogen-bond acceptors (Lipinski definition) is 4. The van der Waals surface area contributed by atoms with Crippen molar-refractivity contribution in [1.82, 2.24) is 14.8 Å². The van der Waals surface area contributed by atoms with Crippen LogP contribution in [0.25, 0.3) is 0 Å². The Bertz CT molecular complexity index is 537. The fourth-order valence-electron chi connectivity index (χ4n) is 1.76. The molecule has 0 radical (unpaired) electrons. The summed E-state index contributed by atoms with van der Waals surface area (Å²) in [7, 11) is 0. The van der Waals surface area contributed by atoms with Crippen LogP contribution in [0.3, 0.4) is 0 Å². The molecule has 6 heteroatoms. The molecule has 1 atom stereocenters. The van der Waals surface area contributed by atoms with Crippen molar-refractivity contribution in [3.63, 3.8) is 0 Å². The number of aromatic nitrogens is 3. The van der Waals surface area contributed by atoms with Crippen molar-refractivity contribution in [3.8, 4) is 5.75 Å². The fraction of sp³-hybridized carbons (Fsp3) is 0.357. The lowest BCUT2D eigenvalue weighted by atomic mass is 10.1. The molecule has 0 saturated carbocycles. The molecule has 1 aromatic carbocycles. The van der Waals surface area contributed by atoms with Crippen molar-refractivity contribution in [1.29, 1.82) is 0 Å². The Balaban J connectivity index is 1.90. The van der Waals surface area contributed by atoms with E-state index in [4.69, 9.17) is 4.74 Å². The van der Waals surface area contributed by atoms with E-state index in [1.807, 2.05) is 38.1 Å². The standard InChI is InChI=1S/C14H18N4O2/c1-3-20-13-6-4-12(5-7-13)17-14(19)11(2)8-18-10-15-9-16-18/h4-7,9-11H,3,8H2,1-2H3,(H,17,19)/t11-/m1/s1. The molecule has 106 valence electrons. The van der Waals surface area contributed by atoms with E-state index in [-0.39, 0.29) is 11.8 Å². The molecule has 20 heavy (non-hydrogen) atoms. The highest BCUT2D eigenvalue weighted by atomic mass is 16.5. The molecular weight excluding hydrogens is 256 g/mol. The van der Waals surface area contributed by atoms with Crippen LogP contribution in [0.5, 0.6) is 5.75 Å². The van der Waals surface area contributed by atoms with Gasteiger partial charge in [0.05, 0.1) is 19.1 Å². The van der Waals surface area contributed by atoms with E-state index in [1.54, 1.807) is 11.0 Å². The molecule has 0 fully saturated rings. The van der Waals surface area contributed by atoms with Crippen LogP contribution in [0.2, 0.25) is 0 Å². The van der Waals surface area contributed by atoms with E-state index in [2.05, 4.69) is 15.4 Å². The molecule has 1 aromatic heterocycles. The zero-order chi connectivity index (χ0) is 14.4. The molecule has 0 unspecified atom stereocenters. The van der Waals surface area contributed by atoms with Gasteiger partial charge < -0.3 is 10.1 Å². The molecule has 6 nitrogen and oxygen atoms in total. The van der Waals surface area contributed by atoms with Crippen molar-refractivity contribution in [2.45, 2.75) is 20.4 Å². The van der Waals surface area contributed by atoms with Crippen molar-refractivity contribution >= 4 is 11.6 Å². The predicted molar refractivity (Wildman–Crippen MR) is 75.4 cm³/mol. The van der Waals surface area contributed by atoms with Gasteiger partial charge in [-0.2, -0.15) is 5.10 Å². The van der Waals surface area contributed by atoms with Crippen molar-refractivity contribution in [3.05, 3.63) is 36.9 Å². The third-order valence-corrected chi connectivity index (χ3v) is 2.81. The van der Waals surface area contributed by atoms with E-state index in [0.29, 0.717) is 13.2 Å². The summed E-state index contributed by atoms with van der Waals surface area (Å²) in [6.45, 7) is 4.91. The minimum atomic E-state index is -0.191. The monoisotopic (exact) mass is 274 g/mol. The second-order valence-electron chi connectivity index (χ2n) is 4.47. The number of ether oxygens (including phenoxy) is 1. The lowest BCUT2D eigenvalue weighted by Crippen LogP contribution is -2.24. The second kappa shape index (κ2) is 6.70. The van der Waals surface area contributed by atoms with Crippen molar-refractivity contribution in [2.75, 3.05) is 11.9 Å². The molecule has 0 spiro atoms. The average molecular weight is 274 g/mol. The number of nitrogens with zero attached hydrogens (tertiary/aromatic N) is 3. The molecule has 1 heterocycles. The van der Waals surface area contributed by atoms with E-state index >= 15 is 0 Å². The van der Waals surface area contributed by atoms with Gasteiger partial charge in [-0.25, -0.2) is 4.98 Å². The molecule has 0 aliphatic carbocycles. The van der Waals surface area contributed by atoms with Gasteiger partial charge >= 0.3 is 0 Å². The highest BCUT2D eigenvalue weighted by molar-refractivity contribution is 5.92. The van der Waals surface area contributed by atoms with Crippen LogP contribution in [0.4, 0.5) is 5.69 Å². The first kappa shape index (κ1) is 14.0. The summed E-state index contributed by atoms with van der Waals surface area (Å²) < 4.78 is 6.99. The van der Waals surface area contributed by atoms with Gasteiger partial charge in [0.1, 0.15) is 18.4 Å². The summed E-state index contributed by atoms with van der Waals surface area (Å²) in [5.74, 6) is 0.550. The quantitative estimate of drug-likeness (QED) is 0.874. The summed E-state index contributed by atoms with van der Waals surface area (Å²) >= 11 is 0. The van der Waals surface area contributed by atoms with Crippen LogP contribution in [-0.2, 0) is 11.3 Å². The number of amides is 1. The van der Waals surface area contributed by atoms with Crippen LogP contribution < -0.4 is 10.1 Å². The Kier molecular flexibility index (Phi) is 4.70. The van der Waals surface area contributed by atoms with Crippen LogP contribution in [0, 0.1) is 5.92 Å². The van der Waals surface area contributed by atoms with Crippen molar-refractivity contribution in [2.24, 2.45) is 5.92 Å². The third kappa shape index (κ3) is 3.81. The predicted octanol–water partition coefficient (Wildman–Crippen LogP) is 1.95. The average Bonchev–Trinajstić information content (AvgIpc) is 2.94. The minimum absolute atomic E-state index is 0.0512. The van der Waals surface area contributed by atoms with Crippen LogP contribution in [0.1, 0.15) is 13.8 Å². The SMILES string of the molecule is CCOc1ccc(NC(=O)[C@H](C)Cn2cncn2)cc1. The lowest BCUT2D eigenvalue weighted by Gasteiger charge is -2.12. The maximum atomic E-state index is 12.0. The van der Waals surface area contributed by atoms with Gasteiger partial charge in [-0.15, -0.1) is 0 Å². The molecule has 2 aromatic rings. The van der Waals surface area contributed by atoms with Gasteiger partial charge in [-0.05, 0) is 31.2 Å². The summed E-state index contributed by atoms with van der Waals surface area (Å²) in [6.07, 6.45) is 3.05. The summed E-state index contributed by atoms with van der Waals surface area (Å²) in [4.78, 5) is 15.9. The Hall–Kier alpha value is -2.37. The third-order valence-electron chi connectivity index (χ3n) is 2.81. The van der Waals surface area contributed by atoms with E-state index in [1.165, 1.54) is 6.33 Å². The maximum Gasteiger partial charge on any atom is 0.229 e. The van der Waals surface area contributed by atoms with Crippen molar-refractivity contribution < 1.29 is 9.53 Å². The van der Waals surface area contributed by atoms with E-state index < -0.39 is 0 Å². The van der Waals surface area contributed by atoms with Gasteiger partial charge in [0.25, 0.3) is 0 Å². The normalized spacial score (nSPS) is 11.9. The Morgan fingerprint density at radius 2 is 2.15 bits per heavy atom. The van der Waals surface area contributed by atoms with Gasteiger partial charge in [-0.3, -0.25) is 9.48 Å². The molecule has 1 N–H and O–H groups in total. The number of carbonyl (C=O) groups is 1. The highest BCUT2D eigenvalue weighted by Crippen LogP contribution is 2.16. The molecule has 0 bridgehead atoms. The van der Waals surface area contributed by atoms with Crippen LogP contribution in [0.15, 0.2) is 36.9 Å². The highest BCUT2D eigenvalue weighted by Gasteiger charge is 2.14. The lowest BCUT2D eigenvalue weighted by molar-refractivity contribution is -0.119. The summed E-state index contributed by atoms with van der Waals surface area (Å²) in [6, 6.07) is 7.32. The van der Waals surface area contributed by atoms with Crippen LogP contribution in [-0.4, -0.2) is 27.3 Å². The number of rotatable bonds is 6. The van der Waals surface area contributed by atoms with Gasteiger partial charge in [0.2, 0.25) is 5.91 Å². The fourth-order valence-corrected chi connectivity index (χ4v) is 1.76. The number of benzene rings is 1. The maximum absolute atomic E-state index is 12.0. The first-order chi connectivity index (χ1) is 9.69. The molecule has 1 amide bonds. The molecule has 0 aliphatic rings. The Labute approximate surface area is 117 Å². The van der Waals surface area contributed by atoms with E-state index in [9.17, 15) is 4.79 Å².